The predicted molar refractivity (Wildman–Crippen MR) is 109 cm³/mol. The molecule has 0 saturated heterocycles. The fourth-order valence-electron chi connectivity index (χ4n) is 3.15. The number of hydrogen-bond acceptors (Lipinski definition) is 8. The van der Waals surface area contributed by atoms with E-state index in [1.165, 1.54) is 6.33 Å². The SMILES string of the molecule is CCN(c1ccccc1)c1ncnc(Nc2ccc3c(c2)OCCO3)c1[N+](=O)[O-]. The molecule has 148 valence electrons. The lowest BCUT2D eigenvalue weighted by Gasteiger charge is -2.22. The van der Waals surface area contributed by atoms with Crippen molar-refractivity contribution in [1.82, 2.24) is 9.97 Å². The van der Waals surface area contributed by atoms with Crippen LogP contribution < -0.4 is 19.7 Å². The summed E-state index contributed by atoms with van der Waals surface area (Å²) in [5, 5.41) is 15.0. The van der Waals surface area contributed by atoms with Crippen molar-refractivity contribution in [3.63, 3.8) is 0 Å². The Morgan fingerprint density at radius 3 is 2.59 bits per heavy atom. The summed E-state index contributed by atoms with van der Waals surface area (Å²) in [6.07, 6.45) is 1.31. The maximum Gasteiger partial charge on any atom is 0.354 e. The number of aromatic nitrogens is 2. The number of nitro groups is 1. The zero-order valence-corrected chi connectivity index (χ0v) is 15.7. The number of ether oxygens (including phenoxy) is 2. The van der Waals surface area contributed by atoms with Crippen LogP contribution >= 0.6 is 0 Å². The molecule has 3 aromatic rings. The fourth-order valence-corrected chi connectivity index (χ4v) is 3.15. The van der Waals surface area contributed by atoms with Gasteiger partial charge in [-0.2, -0.15) is 0 Å². The molecule has 1 aliphatic rings. The Morgan fingerprint density at radius 1 is 1.10 bits per heavy atom. The Labute approximate surface area is 167 Å². The van der Waals surface area contributed by atoms with Crippen molar-refractivity contribution in [2.75, 3.05) is 30.0 Å². The first-order valence-corrected chi connectivity index (χ1v) is 9.16. The Morgan fingerprint density at radius 2 is 1.86 bits per heavy atom. The molecule has 9 nitrogen and oxygen atoms in total. The summed E-state index contributed by atoms with van der Waals surface area (Å²) in [6.45, 7) is 3.36. The Kier molecular flexibility index (Phi) is 5.10. The first-order valence-electron chi connectivity index (χ1n) is 9.16. The average Bonchev–Trinajstić information content (AvgIpc) is 2.75. The van der Waals surface area contributed by atoms with Gasteiger partial charge in [-0.05, 0) is 31.2 Å². The van der Waals surface area contributed by atoms with Crippen LogP contribution in [0.2, 0.25) is 0 Å². The number of hydrogen-bond donors (Lipinski definition) is 1. The number of para-hydroxylation sites is 1. The van der Waals surface area contributed by atoms with Crippen molar-refractivity contribution in [2.24, 2.45) is 0 Å². The number of nitrogens with zero attached hydrogens (tertiary/aromatic N) is 4. The molecule has 1 N–H and O–H groups in total. The maximum absolute atomic E-state index is 11.9. The van der Waals surface area contributed by atoms with E-state index in [4.69, 9.17) is 9.47 Å². The van der Waals surface area contributed by atoms with Gasteiger partial charge in [-0.15, -0.1) is 0 Å². The maximum atomic E-state index is 11.9. The minimum absolute atomic E-state index is 0.103. The molecule has 0 unspecified atom stereocenters. The van der Waals surface area contributed by atoms with E-state index in [1.54, 1.807) is 23.1 Å². The summed E-state index contributed by atoms with van der Waals surface area (Å²) < 4.78 is 11.1. The van der Waals surface area contributed by atoms with Crippen LogP contribution in [0.5, 0.6) is 11.5 Å². The quantitative estimate of drug-likeness (QED) is 0.494. The highest BCUT2D eigenvalue weighted by Gasteiger charge is 2.27. The van der Waals surface area contributed by atoms with Crippen LogP contribution in [-0.2, 0) is 0 Å². The molecule has 1 aromatic heterocycles. The van der Waals surface area contributed by atoms with E-state index in [2.05, 4.69) is 15.3 Å². The van der Waals surface area contributed by atoms with Crippen molar-refractivity contribution >= 4 is 28.7 Å². The molecule has 1 aliphatic heterocycles. The topological polar surface area (TPSA) is 103 Å². The fraction of sp³-hybridized carbons (Fsp3) is 0.200. The van der Waals surface area contributed by atoms with Crippen molar-refractivity contribution in [1.29, 1.82) is 0 Å². The summed E-state index contributed by atoms with van der Waals surface area (Å²) in [7, 11) is 0. The van der Waals surface area contributed by atoms with Crippen LogP contribution in [-0.4, -0.2) is 34.6 Å². The van der Waals surface area contributed by atoms with E-state index in [-0.39, 0.29) is 17.3 Å². The zero-order valence-electron chi connectivity index (χ0n) is 15.7. The minimum Gasteiger partial charge on any atom is -0.486 e. The molecule has 0 radical (unpaired) electrons. The highest BCUT2D eigenvalue weighted by Crippen LogP contribution is 2.38. The molecule has 2 heterocycles. The summed E-state index contributed by atoms with van der Waals surface area (Å²) in [5.41, 5.74) is 1.21. The third-order valence-corrected chi connectivity index (χ3v) is 4.43. The third-order valence-electron chi connectivity index (χ3n) is 4.43. The van der Waals surface area contributed by atoms with Gasteiger partial charge in [0.25, 0.3) is 0 Å². The van der Waals surface area contributed by atoms with Gasteiger partial charge in [0, 0.05) is 24.0 Å². The first-order chi connectivity index (χ1) is 14.2. The molecule has 9 heteroatoms. The van der Waals surface area contributed by atoms with E-state index in [0.717, 1.165) is 5.69 Å². The molecule has 0 spiro atoms. The predicted octanol–water partition coefficient (Wildman–Crippen LogP) is 4.06. The number of anilines is 4. The zero-order chi connectivity index (χ0) is 20.2. The summed E-state index contributed by atoms with van der Waals surface area (Å²) in [6, 6.07) is 14.6. The molecule has 0 atom stereocenters. The monoisotopic (exact) mass is 393 g/mol. The van der Waals surface area contributed by atoms with Crippen molar-refractivity contribution in [2.45, 2.75) is 6.92 Å². The first kappa shape index (κ1) is 18.5. The third kappa shape index (κ3) is 3.75. The van der Waals surface area contributed by atoms with Crippen LogP contribution in [0.15, 0.2) is 54.9 Å². The van der Waals surface area contributed by atoms with Crippen LogP contribution in [0.1, 0.15) is 6.92 Å². The van der Waals surface area contributed by atoms with E-state index >= 15 is 0 Å². The second kappa shape index (κ2) is 8.01. The Balaban J connectivity index is 1.73. The van der Waals surface area contributed by atoms with E-state index in [1.807, 2.05) is 37.3 Å². The van der Waals surface area contributed by atoms with Gasteiger partial charge < -0.3 is 19.7 Å². The number of nitrogens with one attached hydrogen (secondary N) is 1. The lowest BCUT2D eigenvalue weighted by Crippen LogP contribution is -2.19. The molecule has 0 saturated carbocycles. The number of fused-ring (bicyclic) bond motifs is 1. The minimum atomic E-state index is -0.471. The highest BCUT2D eigenvalue weighted by atomic mass is 16.6. The lowest BCUT2D eigenvalue weighted by molar-refractivity contribution is -0.383. The van der Waals surface area contributed by atoms with Gasteiger partial charge in [0.15, 0.2) is 11.5 Å². The average molecular weight is 393 g/mol. The molecular formula is C20H19N5O4. The second-order valence-electron chi connectivity index (χ2n) is 6.21. The van der Waals surface area contributed by atoms with Gasteiger partial charge in [0.2, 0.25) is 11.6 Å². The summed E-state index contributed by atoms with van der Waals surface area (Å²) >= 11 is 0. The van der Waals surface area contributed by atoms with Crippen molar-refractivity contribution < 1.29 is 14.4 Å². The standard InChI is InChI=1S/C20H19N5O4/c1-2-24(15-6-4-3-5-7-15)20-18(25(26)27)19(21-13-22-20)23-14-8-9-16-17(12-14)29-11-10-28-16/h3-9,12-13H,2,10-11H2,1H3,(H,21,22,23). The van der Waals surface area contributed by atoms with Gasteiger partial charge in [-0.1, -0.05) is 18.2 Å². The number of rotatable bonds is 6. The normalized spacial score (nSPS) is 12.3. The Bertz CT molecular complexity index is 1030. The summed E-state index contributed by atoms with van der Waals surface area (Å²) in [4.78, 5) is 21.6. The largest absolute Gasteiger partial charge is 0.486 e. The van der Waals surface area contributed by atoms with Crippen LogP contribution in [0, 0.1) is 10.1 Å². The molecule has 2 aromatic carbocycles. The smallest absolute Gasteiger partial charge is 0.354 e. The second-order valence-corrected chi connectivity index (χ2v) is 6.21. The lowest BCUT2D eigenvalue weighted by atomic mass is 10.2. The molecule has 0 amide bonds. The van der Waals surface area contributed by atoms with Crippen LogP contribution in [0.4, 0.5) is 28.7 Å². The highest BCUT2D eigenvalue weighted by molar-refractivity contribution is 5.78. The summed E-state index contributed by atoms with van der Waals surface area (Å²) in [5.74, 6) is 1.54. The van der Waals surface area contributed by atoms with Crippen molar-refractivity contribution in [3.8, 4) is 11.5 Å². The molecule has 0 bridgehead atoms. The van der Waals surface area contributed by atoms with Gasteiger partial charge in [0.1, 0.15) is 19.5 Å². The van der Waals surface area contributed by atoms with Gasteiger partial charge in [-0.25, -0.2) is 9.97 Å². The van der Waals surface area contributed by atoms with Crippen LogP contribution in [0.3, 0.4) is 0 Å². The molecule has 4 rings (SSSR count). The molecule has 0 fully saturated rings. The van der Waals surface area contributed by atoms with E-state index in [0.29, 0.717) is 36.9 Å². The molecule has 29 heavy (non-hydrogen) atoms. The van der Waals surface area contributed by atoms with E-state index in [9.17, 15) is 10.1 Å². The van der Waals surface area contributed by atoms with Gasteiger partial charge in [0.05, 0.1) is 4.92 Å². The molecule has 0 aliphatic carbocycles. The van der Waals surface area contributed by atoms with Gasteiger partial charge >= 0.3 is 5.69 Å². The van der Waals surface area contributed by atoms with Crippen LogP contribution in [0.25, 0.3) is 0 Å². The number of benzene rings is 2. The van der Waals surface area contributed by atoms with Crippen molar-refractivity contribution in [3.05, 3.63) is 65.0 Å². The molecular weight excluding hydrogens is 374 g/mol. The van der Waals surface area contributed by atoms with E-state index < -0.39 is 4.92 Å². The van der Waals surface area contributed by atoms with Gasteiger partial charge in [-0.3, -0.25) is 10.1 Å². The Hall–Kier alpha value is -3.88.